The third-order valence-corrected chi connectivity index (χ3v) is 2.02. The van der Waals surface area contributed by atoms with E-state index in [1.54, 1.807) is 6.20 Å². The van der Waals surface area contributed by atoms with Gasteiger partial charge in [-0.15, -0.1) is 0 Å². The van der Waals surface area contributed by atoms with Gasteiger partial charge in [0.25, 0.3) is 0 Å². The van der Waals surface area contributed by atoms with Gasteiger partial charge in [-0.1, -0.05) is 6.08 Å². The second kappa shape index (κ2) is 4.38. The summed E-state index contributed by atoms with van der Waals surface area (Å²) in [4.78, 5) is 4.16. The topological polar surface area (TPSA) is 38.9 Å². The van der Waals surface area contributed by atoms with Gasteiger partial charge >= 0.3 is 0 Å². The summed E-state index contributed by atoms with van der Waals surface area (Å²) in [6.45, 7) is 1.92. The van der Waals surface area contributed by atoms with Crippen LogP contribution in [0.1, 0.15) is 12.6 Å². The molecule has 1 aromatic heterocycles. The average molecular weight is 227 g/mol. The van der Waals surface area contributed by atoms with Gasteiger partial charge < -0.3 is 5.73 Å². The molecule has 1 unspecified atom stereocenters. The third-order valence-electron chi connectivity index (χ3n) is 1.34. The Balaban J connectivity index is 2.82. The molecule has 1 aromatic rings. The molecule has 0 saturated carbocycles. The summed E-state index contributed by atoms with van der Waals surface area (Å²) in [5.41, 5.74) is 6.47. The van der Waals surface area contributed by atoms with Gasteiger partial charge in [-0.2, -0.15) is 0 Å². The van der Waals surface area contributed by atoms with Crippen LogP contribution >= 0.6 is 15.9 Å². The lowest BCUT2D eigenvalue weighted by Gasteiger charge is -1.97. The maximum absolute atomic E-state index is 5.56. The highest BCUT2D eigenvalue weighted by Gasteiger charge is 1.94. The molecule has 0 amide bonds. The van der Waals surface area contributed by atoms with Crippen molar-refractivity contribution >= 4 is 22.0 Å². The maximum atomic E-state index is 5.56. The molecule has 1 heterocycles. The Hall–Kier alpha value is -0.670. The molecule has 0 saturated heterocycles. The second-order valence-electron chi connectivity index (χ2n) is 2.59. The normalized spacial score (nSPS) is 13.6. The standard InChI is InChI=1S/C9H11BrN2/c1-7(11)4-5-9-8(10)3-2-6-12-9/h2-7H,11H2,1H3/b5-4+. The van der Waals surface area contributed by atoms with Gasteiger partial charge in [0.1, 0.15) is 0 Å². The summed E-state index contributed by atoms with van der Waals surface area (Å²) in [6.07, 6.45) is 5.58. The number of pyridine rings is 1. The fourth-order valence-electron chi connectivity index (χ4n) is 0.763. The fraction of sp³-hybridized carbons (Fsp3) is 0.222. The van der Waals surface area contributed by atoms with Gasteiger partial charge in [0, 0.05) is 16.7 Å². The van der Waals surface area contributed by atoms with E-state index in [9.17, 15) is 0 Å². The highest BCUT2D eigenvalue weighted by molar-refractivity contribution is 9.10. The van der Waals surface area contributed by atoms with Crippen molar-refractivity contribution in [1.29, 1.82) is 0 Å². The molecule has 0 bridgehead atoms. The fourth-order valence-corrected chi connectivity index (χ4v) is 1.15. The van der Waals surface area contributed by atoms with Crippen molar-refractivity contribution in [2.75, 3.05) is 0 Å². The Morgan fingerprint density at radius 2 is 2.42 bits per heavy atom. The number of aromatic nitrogens is 1. The molecule has 0 spiro atoms. The van der Waals surface area contributed by atoms with Crippen molar-refractivity contribution in [3.8, 4) is 0 Å². The molecule has 1 atom stereocenters. The van der Waals surface area contributed by atoms with Crippen LogP contribution in [-0.2, 0) is 0 Å². The minimum atomic E-state index is 0.0684. The third kappa shape index (κ3) is 2.75. The summed E-state index contributed by atoms with van der Waals surface area (Å²) < 4.78 is 0.988. The first-order valence-electron chi connectivity index (χ1n) is 3.74. The smallest absolute Gasteiger partial charge is 0.0769 e. The zero-order valence-corrected chi connectivity index (χ0v) is 8.45. The van der Waals surface area contributed by atoms with Crippen molar-refractivity contribution in [3.05, 3.63) is 34.6 Å². The lowest BCUT2D eigenvalue weighted by molar-refractivity contribution is 0.930. The number of nitrogens with zero attached hydrogens (tertiary/aromatic N) is 1. The number of rotatable bonds is 2. The van der Waals surface area contributed by atoms with Gasteiger partial charge in [-0.05, 0) is 41.1 Å². The summed E-state index contributed by atoms with van der Waals surface area (Å²) in [5.74, 6) is 0. The molecule has 2 N–H and O–H groups in total. The molecule has 12 heavy (non-hydrogen) atoms. The average Bonchev–Trinajstić information content (AvgIpc) is 2.03. The number of hydrogen-bond donors (Lipinski definition) is 1. The largest absolute Gasteiger partial charge is 0.325 e. The quantitative estimate of drug-likeness (QED) is 0.841. The van der Waals surface area contributed by atoms with Crippen molar-refractivity contribution < 1.29 is 0 Å². The van der Waals surface area contributed by atoms with Gasteiger partial charge in [0.05, 0.1) is 5.69 Å². The predicted molar refractivity (Wildman–Crippen MR) is 54.6 cm³/mol. The summed E-state index contributed by atoms with van der Waals surface area (Å²) >= 11 is 3.39. The zero-order valence-electron chi connectivity index (χ0n) is 6.87. The summed E-state index contributed by atoms with van der Waals surface area (Å²) in [6, 6.07) is 3.90. The van der Waals surface area contributed by atoms with Crippen LogP contribution in [0.2, 0.25) is 0 Å². The minimum Gasteiger partial charge on any atom is -0.325 e. The summed E-state index contributed by atoms with van der Waals surface area (Å²) in [5, 5.41) is 0. The zero-order chi connectivity index (χ0) is 8.97. The second-order valence-corrected chi connectivity index (χ2v) is 3.44. The van der Waals surface area contributed by atoms with E-state index >= 15 is 0 Å². The minimum absolute atomic E-state index is 0.0684. The SMILES string of the molecule is CC(N)/C=C/c1ncccc1Br. The molecule has 0 radical (unpaired) electrons. The van der Waals surface area contributed by atoms with Gasteiger partial charge in [0.2, 0.25) is 0 Å². The van der Waals surface area contributed by atoms with Crippen molar-refractivity contribution in [3.63, 3.8) is 0 Å². The van der Waals surface area contributed by atoms with E-state index in [4.69, 9.17) is 5.73 Å². The first-order chi connectivity index (χ1) is 5.70. The molecule has 2 nitrogen and oxygen atoms in total. The molecule has 0 aliphatic heterocycles. The first kappa shape index (κ1) is 9.42. The Labute approximate surface area is 80.6 Å². The lowest BCUT2D eigenvalue weighted by atomic mass is 10.2. The van der Waals surface area contributed by atoms with Crippen molar-refractivity contribution in [2.45, 2.75) is 13.0 Å². The number of hydrogen-bond acceptors (Lipinski definition) is 2. The Kier molecular flexibility index (Phi) is 3.44. The molecule has 3 heteroatoms. The lowest BCUT2D eigenvalue weighted by Crippen LogP contribution is -2.09. The van der Waals surface area contributed by atoms with E-state index in [0.29, 0.717) is 0 Å². The van der Waals surface area contributed by atoms with Crippen LogP contribution in [0, 0.1) is 0 Å². The van der Waals surface area contributed by atoms with Crippen LogP contribution in [0.3, 0.4) is 0 Å². The van der Waals surface area contributed by atoms with E-state index in [0.717, 1.165) is 10.2 Å². The highest BCUT2D eigenvalue weighted by atomic mass is 79.9. The van der Waals surface area contributed by atoms with Crippen LogP contribution in [0.5, 0.6) is 0 Å². The maximum Gasteiger partial charge on any atom is 0.0769 e. The molecule has 0 aromatic carbocycles. The van der Waals surface area contributed by atoms with Crippen LogP contribution in [0.15, 0.2) is 28.9 Å². The molecular formula is C9H11BrN2. The monoisotopic (exact) mass is 226 g/mol. The predicted octanol–water partition coefficient (Wildman–Crippen LogP) is 2.20. The van der Waals surface area contributed by atoms with Gasteiger partial charge in [0.15, 0.2) is 0 Å². The van der Waals surface area contributed by atoms with Crippen LogP contribution in [-0.4, -0.2) is 11.0 Å². The molecule has 0 fully saturated rings. The van der Waals surface area contributed by atoms with E-state index in [2.05, 4.69) is 20.9 Å². The van der Waals surface area contributed by atoms with E-state index in [-0.39, 0.29) is 6.04 Å². The van der Waals surface area contributed by atoms with Crippen LogP contribution < -0.4 is 5.73 Å². The number of halogens is 1. The molecule has 0 aliphatic carbocycles. The Bertz CT molecular complexity index is 282. The molecule has 0 aliphatic rings. The molecular weight excluding hydrogens is 216 g/mol. The highest BCUT2D eigenvalue weighted by Crippen LogP contribution is 2.14. The van der Waals surface area contributed by atoms with E-state index in [1.807, 2.05) is 31.2 Å². The van der Waals surface area contributed by atoms with Crippen molar-refractivity contribution in [1.82, 2.24) is 4.98 Å². The number of nitrogens with two attached hydrogens (primary N) is 1. The molecule has 64 valence electrons. The Morgan fingerprint density at radius 1 is 1.67 bits per heavy atom. The first-order valence-corrected chi connectivity index (χ1v) is 4.54. The summed E-state index contributed by atoms with van der Waals surface area (Å²) in [7, 11) is 0. The van der Waals surface area contributed by atoms with E-state index < -0.39 is 0 Å². The van der Waals surface area contributed by atoms with Crippen LogP contribution in [0.25, 0.3) is 6.08 Å². The van der Waals surface area contributed by atoms with Crippen LogP contribution in [0.4, 0.5) is 0 Å². The van der Waals surface area contributed by atoms with E-state index in [1.165, 1.54) is 0 Å². The Morgan fingerprint density at radius 3 is 3.00 bits per heavy atom. The van der Waals surface area contributed by atoms with Gasteiger partial charge in [-0.3, -0.25) is 4.98 Å². The van der Waals surface area contributed by atoms with Crippen molar-refractivity contribution in [2.24, 2.45) is 5.73 Å². The molecule has 1 rings (SSSR count). The van der Waals surface area contributed by atoms with Gasteiger partial charge in [-0.25, -0.2) is 0 Å².